The van der Waals surface area contributed by atoms with E-state index in [0.717, 1.165) is 10.7 Å². The fourth-order valence-corrected chi connectivity index (χ4v) is 5.85. The van der Waals surface area contributed by atoms with Crippen molar-refractivity contribution in [1.29, 1.82) is 0 Å². The van der Waals surface area contributed by atoms with E-state index in [1.54, 1.807) is 16.3 Å². The van der Waals surface area contributed by atoms with Crippen LogP contribution >= 0.6 is 11.8 Å². The average Bonchev–Trinajstić information content (AvgIpc) is 3.14. The summed E-state index contributed by atoms with van der Waals surface area (Å²) in [5.41, 5.74) is 2.34. The van der Waals surface area contributed by atoms with Gasteiger partial charge in [-0.3, -0.25) is 0 Å². The molecule has 0 bridgehead atoms. The standard InChI is InChI=1S/C19H22N2O2S/c1-21-17(19(22)23)20-15-14(12-8-4-2-5-9-12)16(24-18(15)21)13-10-6-3-7-11-13/h3,6-7,10-12,14,16H,2,4-5,8-9H2,1H3,(H,22,23)/t14-,16-/m1/s1. The minimum Gasteiger partial charge on any atom is -0.475 e. The summed E-state index contributed by atoms with van der Waals surface area (Å²) in [6, 6.07) is 10.6. The van der Waals surface area contributed by atoms with Crippen molar-refractivity contribution in [3.8, 4) is 0 Å². The zero-order valence-electron chi connectivity index (χ0n) is 13.8. The number of fused-ring (bicyclic) bond motifs is 1. The lowest BCUT2D eigenvalue weighted by molar-refractivity contribution is 0.0678. The third-order valence-electron chi connectivity index (χ3n) is 5.43. The van der Waals surface area contributed by atoms with Crippen molar-refractivity contribution in [3.63, 3.8) is 0 Å². The van der Waals surface area contributed by atoms with Crippen LogP contribution in [0.25, 0.3) is 0 Å². The van der Waals surface area contributed by atoms with Crippen molar-refractivity contribution in [3.05, 3.63) is 47.4 Å². The summed E-state index contributed by atoms with van der Waals surface area (Å²) in [4.78, 5) is 16.0. The SMILES string of the molecule is Cn1c(C(=O)O)nc2c1S[C@H](c1ccccc1)[C@@H]2C1CCCCC1. The highest BCUT2D eigenvalue weighted by atomic mass is 32.2. The molecule has 1 fully saturated rings. The molecule has 4 rings (SSSR count). The molecule has 4 nitrogen and oxygen atoms in total. The molecule has 2 heterocycles. The Morgan fingerprint density at radius 1 is 1.21 bits per heavy atom. The van der Waals surface area contributed by atoms with Gasteiger partial charge in [0.15, 0.2) is 0 Å². The van der Waals surface area contributed by atoms with Crippen LogP contribution < -0.4 is 0 Å². The van der Waals surface area contributed by atoms with Gasteiger partial charge in [-0.1, -0.05) is 61.4 Å². The van der Waals surface area contributed by atoms with E-state index in [0.29, 0.717) is 17.1 Å². The van der Waals surface area contributed by atoms with Gasteiger partial charge in [0, 0.05) is 18.2 Å². The third kappa shape index (κ3) is 2.55. The largest absolute Gasteiger partial charge is 0.475 e. The monoisotopic (exact) mass is 342 g/mol. The molecule has 0 radical (unpaired) electrons. The quantitative estimate of drug-likeness (QED) is 0.883. The van der Waals surface area contributed by atoms with Gasteiger partial charge < -0.3 is 9.67 Å². The van der Waals surface area contributed by atoms with Gasteiger partial charge in [-0.25, -0.2) is 9.78 Å². The highest BCUT2D eigenvalue weighted by molar-refractivity contribution is 7.99. The topological polar surface area (TPSA) is 55.1 Å². The number of hydrogen-bond donors (Lipinski definition) is 1. The summed E-state index contributed by atoms with van der Waals surface area (Å²) in [7, 11) is 1.83. The first-order valence-electron chi connectivity index (χ1n) is 8.68. The lowest BCUT2D eigenvalue weighted by Crippen LogP contribution is -2.19. The highest BCUT2D eigenvalue weighted by Crippen LogP contribution is 2.58. The number of aromatic carboxylic acids is 1. The zero-order valence-corrected chi connectivity index (χ0v) is 14.6. The molecule has 1 aliphatic heterocycles. The molecule has 0 amide bonds. The molecule has 24 heavy (non-hydrogen) atoms. The molecule has 1 N–H and O–H groups in total. The predicted molar refractivity (Wildman–Crippen MR) is 94.5 cm³/mol. The Balaban J connectivity index is 1.77. The van der Waals surface area contributed by atoms with Crippen molar-refractivity contribution in [1.82, 2.24) is 9.55 Å². The van der Waals surface area contributed by atoms with Crippen molar-refractivity contribution in [2.45, 2.75) is 48.3 Å². The van der Waals surface area contributed by atoms with Gasteiger partial charge in [-0.05, 0) is 24.3 Å². The van der Waals surface area contributed by atoms with Gasteiger partial charge in [0.05, 0.1) is 10.7 Å². The van der Waals surface area contributed by atoms with Crippen LogP contribution in [0.5, 0.6) is 0 Å². The summed E-state index contributed by atoms with van der Waals surface area (Å²) in [5, 5.41) is 10.8. The molecule has 0 spiro atoms. The first kappa shape index (κ1) is 15.8. The van der Waals surface area contributed by atoms with Gasteiger partial charge in [0.25, 0.3) is 0 Å². The third-order valence-corrected chi connectivity index (χ3v) is 6.95. The van der Waals surface area contributed by atoms with E-state index >= 15 is 0 Å². The number of rotatable bonds is 3. The number of imidazole rings is 1. The predicted octanol–water partition coefficient (Wildman–Crippen LogP) is 4.63. The number of benzene rings is 1. The van der Waals surface area contributed by atoms with Crippen LogP contribution in [0.1, 0.15) is 65.1 Å². The molecule has 0 saturated heterocycles. The van der Waals surface area contributed by atoms with Crippen LogP contribution in [0.4, 0.5) is 0 Å². The molecule has 1 aromatic carbocycles. The number of carbonyl (C=O) groups is 1. The van der Waals surface area contributed by atoms with Crippen LogP contribution in [0.2, 0.25) is 0 Å². The first-order valence-corrected chi connectivity index (χ1v) is 9.56. The van der Waals surface area contributed by atoms with E-state index in [-0.39, 0.29) is 5.82 Å². The Bertz CT molecular complexity index is 750. The first-order chi connectivity index (χ1) is 11.7. The summed E-state index contributed by atoms with van der Waals surface area (Å²) in [6.45, 7) is 0. The summed E-state index contributed by atoms with van der Waals surface area (Å²) >= 11 is 1.79. The van der Waals surface area contributed by atoms with Crippen LogP contribution in [-0.2, 0) is 7.05 Å². The Kier molecular flexibility index (Phi) is 4.12. The Labute approximate surface area is 146 Å². The molecule has 2 aliphatic rings. The van der Waals surface area contributed by atoms with Crippen LogP contribution in [0, 0.1) is 5.92 Å². The molecule has 1 aliphatic carbocycles. The number of aromatic nitrogens is 2. The Morgan fingerprint density at radius 2 is 1.92 bits per heavy atom. The maximum absolute atomic E-state index is 11.5. The van der Waals surface area contributed by atoms with Crippen molar-refractivity contribution in [2.75, 3.05) is 0 Å². The van der Waals surface area contributed by atoms with Crippen LogP contribution in [-0.4, -0.2) is 20.6 Å². The maximum atomic E-state index is 11.5. The second kappa shape index (κ2) is 6.28. The molecule has 2 atom stereocenters. The molecular weight excluding hydrogens is 320 g/mol. The molecular formula is C19H22N2O2S. The fraction of sp³-hybridized carbons (Fsp3) is 0.474. The minimum absolute atomic E-state index is 0.167. The fourth-order valence-electron chi connectivity index (χ4n) is 4.27. The van der Waals surface area contributed by atoms with Gasteiger partial charge in [-0.15, -0.1) is 0 Å². The maximum Gasteiger partial charge on any atom is 0.372 e. The zero-order chi connectivity index (χ0) is 16.7. The molecule has 1 aromatic heterocycles. The Hall–Kier alpha value is -1.75. The van der Waals surface area contributed by atoms with Gasteiger partial charge in [0.2, 0.25) is 5.82 Å². The van der Waals surface area contributed by atoms with E-state index < -0.39 is 5.97 Å². The lowest BCUT2D eigenvalue weighted by atomic mass is 9.76. The van der Waals surface area contributed by atoms with Crippen LogP contribution in [0.15, 0.2) is 35.4 Å². The second-order valence-electron chi connectivity index (χ2n) is 6.86. The second-order valence-corrected chi connectivity index (χ2v) is 7.99. The van der Waals surface area contributed by atoms with E-state index in [9.17, 15) is 9.90 Å². The van der Waals surface area contributed by atoms with Gasteiger partial charge in [0.1, 0.15) is 0 Å². The highest BCUT2D eigenvalue weighted by Gasteiger charge is 2.43. The number of carboxylic acids is 1. The number of nitrogens with zero attached hydrogens (tertiary/aromatic N) is 2. The van der Waals surface area contributed by atoms with Crippen LogP contribution in [0.3, 0.4) is 0 Å². The average molecular weight is 342 g/mol. The number of hydrogen-bond acceptors (Lipinski definition) is 3. The van der Waals surface area contributed by atoms with Crippen molar-refractivity contribution < 1.29 is 9.90 Å². The molecule has 0 unspecified atom stereocenters. The van der Waals surface area contributed by atoms with E-state index in [1.807, 2.05) is 13.1 Å². The summed E-state index contributed by atoms with van der Waals surface area (Å²) < 4.78 is 1.76. The summed E-state index contributed by atoms with van der Waals surface area (Å²) in [5.74, 6) is 0.159. The molecule has 5 heteroatoms. The Morgan fingerprint density at radius 3 is 2.58 bits per heavy atom. The lowest BCUT2D eigenvalue weighted by Gasteiger charge is -2.31. The number of carboxylic acid groups (broad SMARTS) is 1. The normalized spacial score (nSPS) is 24.0. The van der Waals surface area contributed by atoms with E-state index in [2.05, 4.69) is 29.2 Å². The van der Waals surface area contributed by atoms with Crippen molar-refractivity contribution >= 4 is 17.7 Å². The minimum atomic E-state index is -0.939. The van der Waals surface area contributed by atoms with Gasteiger partial charge in [-0.2, -0.15) is 0 Å². The smallest absolute Gasteiger partial charge is 0.372 e. The van der Waals surface area contributed by atoms with Crippen molar-refractivity contribution in [2.24, 2.45) is 13.0 Å². The molecule has 126 valence electrons. The molecule has 2 aromatic rings. The van der Waals surface area contributed by atoms with E-state index in [4.69, 9.17) is 0 Å². The number of thioether (sulfide) groups is 1. The molecule has 1 saturated carbocycles. The van der Waals surface area contributed by atoms with Gasteiger partial charge >= 0.3 is 5.97 Å². The van der Waals surface area contributed by atoms with E-state index in [1.165, 1.54) is 37.7 Å². The summed E-state index contributed by atoms with van der Waals surface area (Å²) in [6.07, 6.45) is 6.34.